The first kappa shape index (κ1) is 16.1. The van der Waals surface area contributed by atoms with E-state index in [0.717, 1.165) is 15.8 Å². The van der Waals surface area contributed by atoms with Gasteiger partial charge in [-0.2, -0.15) is 5.10 Å². The third-order valence-corrected chi connectivity index (χ3v) is 5.27. The number of aromatic amines is 1. The van der Waals surface area contributed by atoms with Crippen molar-refractivity contribution in [3.8, 4) is 22.6 Å². The molecule has 4 heterocycles. The van der Waals surface area contributed by atoms with Crippen LogP contribution in [0.1, 0.15) is 0 Å². The molecule has 1 N–H and O–H groups in total. The van der Waals surface area contributed by atoms with Gasteiger partial charge in [0.15, 0.2) is 11.2 Å². The predicted octanol–water partition coefficient (Wildman–Crippen LogP) is 3.65. The van der Waals surface area contributed by atoms with Gasteiger partial charge in [-0.05, 0) is 18.2 Å². The third-order valence-electron chi connectivity index (χ3n) is 4.20. The molecule has 0 aliphatic rings. The monoisotopic (exact) mass is 394 g/mol. The number of aromatic nitrogens is 6. The Bertz CT molecular complexity index is 1390. The normalized spacial score (nSPS) is 11.5. The summed E-state index contributed by atoms with van der Waals surface area (Å²) in [5.41, 5.74) is 5.52. The van der Waals surface area contributed by atoms with E-state index >= 15 is 0 Å². The number of pyridine rings is 1. The summed E-state index contributed by atoms with van der Waals surface area (Å²) in [6.45, 7) is 0. The van der Waals surface area contributed by atoms with Crippen molar-refractivity contribution >= 4 is 44.3 Å². The van der Waals surface area contributed by atoms with Crippen LogP contribution in [0.5, 0.6) is 0 Å². The van der Waals surface area contributed by atoms with Crippen LogP contribution < -0.4 is 5.43 Å². The standard InChI is InChI=1S/C18H11ClN6OS/c1-25-5-3-11(24-25)16-14(22-17-12(26)2-4-20-18(17)23-16)9-6-10(19)15-13(7-9)27-8-21-15/h2-8H,1H3,(H,20,23,26). The number of hydrogen-bond acceptors (Lipinski definition) is 6. The smallest absolute Gasteiger partial charge is 0.209 e. The van der Waals surface area contributed by atoms with E-state index in [1.807, 2.05) is 25.4 Å². The number of aryl methyl sites for hydroxylation is 1. The van der Waals surface area contributed by atoms with Crippen LogP contribution in [0.4, 0.5) is 0 Å². The summed E-state index contributed by atoms with van der Waals surface area (Å²) >= 11 is 7.91. The van der Waals surface area contributed by atoms with E-state index in [4.69, 9.17) is 11.6 Å². The number of halogens is 1. The Kier molecular flexibility index (Phi) is 3.56. The Morgan fingerprint density at radius 2 is 2.04 bits per heavy atom. The predicted molar refractivity (Wildman–Crippen MR) is 106 cm³/mol. The molecule has 9 heteroatoms. The maximum Gasteiger partial charge on any atom is 0.209 e. The van der Waals surface area contributed by atoms with E-state index in [2.05, 4.69) is 25.0 Å². The molecule has 0 aliphatic heterocycles. The number of hydrogen-bond donors (Lipinski definition) is 1. The number of thiazole rings is 1. The maximum atomic E-state index is 12.3. The van der Waals surface area contributed by atoms with E-state index in [-0.39, 0.29) is 10.9 Å². The number of benzene rings is 1. The largest absolute Gasteiger partial charge is 0.345 e. The fourth-order valence-corrected chi connectivity index (χ4v) is 4.03. The number of nitrogens with one attached hydrogen (secondary N) is 1. The lowest BCUT2D eigenvalue weighted by Gasteiger charge is -2.09. The van der Waals surface area contributed by atoms with Crippen LogP contribution in [0.2, 0.25) is 5.02 Å². The summed E-state index contributed by atoms with van der Waals surface area (Å²) < 4.78 is 2.63. The first-order valence-electron chi connectivity index (χ1n) is 8.03. The zero-order chi connectivity index (χ0) is 18.5. The van der Waals surface area contributed by atoms with Crippen molar-refractivity contribution in [3.05, 3.63) is 57.4 Å². The summed E-state index contributed by atoms with van der Waals surface area (Å²) in [6.07, 6.45) is 3.39. The van der Waals surface area contributed by atoms with Gasteiger partial charge in [-0.3, -0.25) is 9.48 Å². The van der Waals surface area contributed by atoms with E-state index in [9.17, 15) is 4.79 Å². The van der Waals surface area contributed by atoms with Crippen LogP contribution in [0.15, 0.2) is 47.0 Å². The minimum Gasteiger partial charge on any atom is -0.345 e. The van der Waals surface area contributed by atoms with Crippen LogP contribution in [0.3, 0.4) is 0 Å². The van der Waals surface area contributed by atoms with Crippen LogP contribution in [-0.2, 0) is 7.05 Å². The average molecular weight is 395 g/mol. The summed E-state index contributed by atoms with van der Waals surface area (Å²) in [6, 6.07) is 7.04. The molecule has 0 amide bonds. The maximum absolute atomic E-state index is 12.3. The Morgan fingerprint density at radius 1 is 1.15 bits per heavy atom. The molecule has 0 aliphatic carbocycles. The molecule has 132 valence electrons. The Labute approximate surface area is 161 Å². The third kappa shape index (κ3) is 2.61. The van der Waals surface area contributed by atoms with Crippen molar-refractivity contribution < 1.29 is 0 Å². The first-order valence-corrected chi connectivity index (χ1v) is 9.28. The molecule has 1 aromatic carbocycles. The zero-order valence-corrected chi connectivity index (χ0v) is 15.5. The molecule has 0 radical (unpaired) electrons. The minimum absolute atomic E-state index is 0.199. The SMILES string of the molecule is Cn1ccc(-c2nc3[nH]ccc(=O)c3nc2-c2cc(Cl)c3ncsc3c2)n1. The Hall–Kier alpha value is -3.10. The number of rotatable bonds is 2. The molecular formula is C18H11ClN6OS. The van der Waals surface area contributed by atoms with E-state index in [1.54, 1.807) is 22.5 Å². The first-order chi connectivity index (χ1) is 13.1. The van der Waals surface area contributed by atoms with Crippen LogP contribution in [-0.4, -0.2) is 29.7 Å². The molecule has 5 aromatic rings. The van der Waals surface area contributed by atoms with Crippen LogP contribution >= 0.6 is 22.9 Å². The second-order valence-corrected chi connectivity index (χ2v) is 7.29. The summed E-state index contributed by atoms with van der Waals surface area (Å²) in [4.78, 5) is 28.8. The number of nitrogens with zero attached hydrogens (tertiary/aromatic N) is 5. The van der Waals surface area contributed by atoms with Gasteiger partial charge in [-0.1, -0.05) is 11.6 Å². The van der Waals surface area contributed by atoms with Gasteiger partial charge in [0.2, 0.25) is 5.43 Å². The lowest BCUT2D eigenvalue weighted by molar-refractivity contribution is 0.770. The molecule has 0 fully saturated rings. The molecule has 27 heavy (non-hydrogen) atoms. The van der Waals surface area contributed by atoms with E-state index in [1.165, 1.54) is 17.4 Å². The van der Waals surface area contributed by atoms with Crippen molar-refractivity contribution in [3.63, 3.8) is 0 Å². The van der Waals surface area contributed by atoms with Gasteiger partial charge in [0.25, 0.3) is 0 Å². The lowest BCUT2D eigenvalue weighted by Crippen LogP contribution is -2.07. The second-order valence-electron chi connectivity index (χ2n) is 5.99. The van der Waals surface area contributed by atoms with Gasteiger partial charge < -0.3 is 4.98 Å². The zero-order valence-electron chi connectivity index (χ0n) is 14.0. The van der Waals surface area contributed by atoms with Gasteiger partial charge in [-0.25, -0.2) is 15.0 Å². The van der Waals surface area contributed by atoms with Crippen molar-refractivity contribution in [1.82, 2.24) is 29.7 Å². The number of H-pyrrole nitrogens is 1. The quantitative estimate of drug-likeness (QED) is 0.493. The number of fused-ring (bicyclic) bond motifs is 2. The van der Waals surface area contributed by atoms with Gasteiger partial charge in [-0.15, -0.1) is 11.3 Å². The highest BCUT2D eigenvalue weighted by Crippen LogP contribution is 2.35. The molecule has 0 bridgehead atoms. The Morgan fingerprint density at radius 3 is 2.85 bits per heavy atom. The van der Waals surface area contributed by atoms with Gasteiger partial charge in [0.1, 0.15) is 11.4 Å². The molecule has 0 atom stereocenters. The van der Waals surface area contributed by atoms with Gasteiger partial charge >= 0.3 is 0 Å². The highest BCUT2D eigenvalue weighted by atomic mass is 35.5. The van der Waals surface area contributed by atoms with Gasteiger partial charge in [0, 0.05) is 31.1 Å². The fourth-order valence-electron chi connectivity index (χ4n) is 2.97. The lowest BCUT2D eigenvalue weighted by atomic mass is 10.1. The van der Waals surface area contributed by atoms with Crippen LogP contribution in [0, 0.1) is 0 Å². The minimum atomic E-state index is -0.199. The topological polar surface area (TPSA) is 89.4 Å². The molecular weight excluding hydrogens is 384 g/mol. The molecule has 0 saturated heterocycles. The van der Waals surface area contributed by atoms with Crippen molar-refractivity contribution in [2.45, 2.75) is 0 Å². The summed E-state index contributed by atoms with van der Waals surface area (Å²) in [5.74, 6) is 0. The molecule has 7 nitrogen and oxygen atoms in total. The molecule has 4 aromatic heterocycles. The van der Waals surface area contributed by atoms with Crippen molar-refractivity contribution in [1.29, 1.82) is 0 Å². The summed E-state index contributed by atoms with van der Waals surface area (Å²) in [5, 5.41) is 4.98. The average Bonchev–Trinajstić information content (AvgIpc) is 3.30. The fraction of sp³-hybridized carbons (Fsp3) is 0.0556. The molecule has 0 saturated carbocycles. The molecule has 0 spiro atoms. The highest BCUT2D eigenvalue weighted by Gasteiger charge is 2.18. The molecule has 5 rings (SSSR count). The van der Waals surface area contributed by atoms with Crippen LogP contribution in [0.25, 0.3) is 44.0 Å². The van der Waals surface area contributed by atoms with Crippen molar-refractivity contribution in [2.24, 2.45) is 7.05 Å². The van der Waals surface area contributed by atoms with E-state index in [0.29, 0.717) is 27.8 Å². The van der Waals surface area contributed by atoms with E-state index < -0.39 is 0 Å². The second kappa shape index (κ2) is 5.97. The Balaban J connectivity index is 1.88. The molecule has 0 unspecified atom stereocenters. The summed E-state index contributed by atoms with van der Waals surface area (Å²) in [7, 11) is 1.83. The van der Waals surface area contributed by atoms with Gasteiger partial charge in [0.05, 0.1) is 26.4 Å². The van der Waals surface area contributed by atoms with Crippen molar-refractivity contribution in [2.75, 3.05) is 0 Å². The highest BCUT2D eigenvalue weighted by molar-refractivity contribution is 7.16.